The SMILES string of the molecule is NOOCOOOOOOOOCO. The number of aliphatic hydroxyl groups excluding tert-OH is 1. The van der Waals surface area contributed by atoms with Gasteiger partial charge >= 0.3 is 0 Å². The molecule has 0 bridgehead atoms. The lowest BCUT2D eigenvalue weighted by Crippen LogP contribution is -2.07. The highest BCUT2D eigenvalue weighted by Crippen LogP contribution is 1.88. The molecule has 0 saturated carbocycles. The van der Waals surface area contributed by atoms with E-state index in [1.54, 1.807) is 0 Å². The fourth-order valence-electron chi connectivity index (χ4n) is 0.173. The molecule has 0 radical (unpaired) electrons. The van der Waals surface area contributed by atoms with Gasteiger partial charge in [0.2, 0.25) is 6.79 Å². The molecule has 0 atom stereocenters. The van der Waals surface area contributed by atoms with Crippen molar-refractivity contribution in [3.63, 3.8) is 0 Å². The minimum Gasteiger partial charge on any atom is -0.368 e. The highest BCUT2D eigenvalue weighted by molar-refractivity contribution is 3.70. The fraction of sp³-hybridized carbons (Fsp3) is 1.00. The Morgan fingerprint density at radius 2 is 1.36 bits per heavy atom. The Morgan fingerprint density at radius 1 is 0.786 bits per heavy atom. The molecule has 0 aromatic heterocycles. The van der Waals surface area contributed by atoms with Crippen LogP contribution >= 0.6 is 0 Å². The minimum absolute atomic E-state index is 0.495. The zero-order valence-electron chi connectivity index (χ0n) is 6.52. The topological polar surface area (TPSA) is 139 Å². The van der Waals surface area contributed by atoms with Crippen LogP contribution in [-0.4, -0.2) is 18.7 Å². The smallest absolute Gasteiger partial charge is 0.219 e. The molecule has 86 valence electrons. The molecule has 0 rings (SSSR count). The average Bonchev–Trinajstić information content (AvgIpc) is 2.21. The van der Waals surface area contributed by atoms with Crippen molar-refractivity contribution in [1.82, 2.24) is 0 Å². The van der Waals surface area contributed by atoms with Crippen LogP contribution in [0.15, 0.2) is 0 Å². The molecule has 0 spiro atoms. The molecule has 12 nitrogen and oxygen atoms in total. The zero-order chi connectivity index (χ0) is 10.5. The lowest BCUT2D eigenvalue weighted by Gasteiger charge is -1.99. The molecule has 12 heteroatoms. The van der Waals surface area contributed by atoms with Gasteiger partial charge in [0.15, 0.2) is 6.79 Å². The van der Waals surface area contributed by atoms with Gasteiger partial charge in [-0.2, -0.15) is 20.6 Å². The van der Waals surface area contributed by atoms with Crippen molar-refractivity contribution in [2.75, 3.05) is 13.6 Å². The van der Waals surface area contributed by atoms with Crippen molar-refractivity contribution in [3.8, 4) is 0 Å². The first kappa shape index (κ1) is 13.5. The van der Waals surface area contributed by atoms with Gasteiger partial charge in [-0.1, -0.05) is 0 Å². The molecule has 0 aliphatic carbocycles. The molecule has 0 aromatic rings. The van der Waals surface area contributed by atoms with Gasteiger partial charge in [-0.05, 0) is 30.2 Å². The third-order valence-corrected chi connectivity index (χ3v) is 0.452. The Labute approximate surface area is 75.8 Å². The summed E-state index contributed by atoms with van der Waals surface area (Å²) >= 11 is 0. The van der Waals surface area contributed by atoms with Crippen LogP contribution in [0.2, 0.25) is 0 Å². The largest absolute Gasteiger partial charge is 0.368 e. The Hall–Kier alpha value is -0.480. The number of nitrogens with two attached hydrogens (primary N) is 1. The molecule has 0 saturated heterocycles. The summed E-state index contributed by atoms with van der Waals surface area (Å²) in [5.74, 6) is 4.41. The van der Waals surface area contributed by atoms with E-state index in [0.717, 1.165) is 0 Å². The summed E-state index contributed by atoms with van der Waals surface area (Å²) in [7, 11) is 0. The van der Waals surface area contributed by atoms with E-state index in [-0.39, 0.29) is 0 Å². The molecule has 3 N–H and O–H groups in total. The van der Waals surface area contributed by atoms with Gasteiger partial charge in [0.1, 0.15) is 0 Å². The fourth-order valence-corrected chi connectivity index (χ4v) is 0.173. The van der Waals surface area contributed by atoms with Crippen molar-refractivity contribution < 1.29 is 55.0 Å². The molecule has 0 aliphatic heterocycles. The van der Waals surface area contributed by atoms with Crippen molar-refractivity contribution in [2.24, 2.45) is 5.90 Å². The van der Waals surface area contributed by atoms with Crippen LogP contribution in [0.1, 0.15) is 0 Å². The Kier molecular flexibility index (Phi) is 12.1. The summed E-state index contributed by atoms with van der Waals surface area (Å²) in [5, 5.41) is 29.6. The third-order valence-electron chi connectivity index (χ3n) is 0.452. The van der Waals surface area contributed by atoms with E-state index in [4.69, 9.17) is 5.11 Å². The molecule has 0 aromatic carbocycles. The van der Waals surface area contributed by atoms with Crippen molar-refractivity contribution >= 4 is 0 Å². The molecule has 0 fully saturated rings. The maximum Gasteiger partial charge on any atom is 0.219 e. The number of aliphatic hydroxyl groups is 1. The second kappa shape index (κ2) is 12.5. The van der Waals surface area contributed by atoms with Gasteiger partial charge in [-0.25, -0.2) is 0 Å². The number of rotatable bonds is 11. The molecule has 14 heavy (non-hydrogen) atoms. The molecular formula is C2H7NO11. The van der Waals surface area contributed by atoms with Crippen LogP contribution in [0, 0.1) is 0 Å². The first-order chi connectivity index (χ1) is 6.91. The first-order valence-electron chi connectivity index (χ1n) is 2.75. The van der Waals surface area contributed by atoms with E-state index in [2.05, 4.69) is 55.8 Å². The predicted molar refractivity (Wildman–Crippen MR) is 27.0 cm³/mol. The Balaban J connectivity index is 2.78. The maximum absolute atomic E-state index is 7.95. The standard InChI is InChI=1S/C2H7NO11/c3-8-6-2-7-10-12-14-13-11-9-5-1-4/h4H,1-3H2. The number of hydrogen-bond donors (Lipinski definition) is 2. The van der Waals surface area contributed by atoms with Crippen LogP contribution in [-0.2, 0) is 49.9 Å². The van der Waals surface area contributed by atoms with E-state index in [1.165, 1.54) is 0 Å². The van der Waals surface area contributed by atoms with E-state index < -0.39 is 13.6 Å². The Bertz CT molecular complexity index is 87.3. The average molecular weight is 221 g/mol. The molecule has 0 unspecified atom stereocenters. The molecule has 0 heterocycles. The summed E-state index contributed by atoms with van der Waals surface area (Å²) in [6, 6.07) is 0. The van der Waals surface area contributed by atoms with Gasteiger partial charge in [-0.3, -0.25) is 0 Å². The van der Waals surface area contributed by atoms with Crippen LogP contribution < -0.4 is 5.90 Å². The van der Waals surface area contributed by atoms with E-state index in [9.17, 15) is 0 Å². The monoisotopic (exact) mass is 221 g/mol. The van der Waals surface area contributed by atoms with Crippen molar-refractivity contribution in [2.45, 2.75) is 0 Å². The van der Waals surface area contributed by atoms with E-state index >= 15 is 0 Å². The lowest BCUT2D eigenvalue weighted by molar-refractivity contribution is -0.817. The second-order valence-corrected chi connectivity index (χ2v) is 1.10. The third kappa shape index (κ3) is 11.5. The second-order valence-electron chi connectivity index (χ2n) is 1.10. The van der Waals surface area contributed by atoms with Gasteiger partial charge in [0.25, 0.3) is 0 Å². The summed E-state index contributed by atoms with van der Waals surface area (Å²) in [6.07, 6.45) is 0. The van der Waals surface area contributed by atoms with Crippen LogP contribution in [0.25, 0.3) is 0 Å². The summed E-state index contributed by atoms with van der Waals surface area (Å²) in [6.45, 7) is -1.24. The van der Waals surface area contributed by atoms with Crippen LogP contribution in [0.5, 0.6) is 0 Å². The summed E-state index contributed by atoms with van der Waals surface area (Å²) in [4.78, 5) is 15.3. The highest BCUT2D eigenvalue weighted by atomic mass is 17.9. The maximum atomic E-state index is 7.95. The van der Waals surface area contributed by atoms with E-state index in [0.29, 0.717) is 0 Å². The summed E-state index contributed by atoms with van der Waals surface area (Å²) in [5.41, 5.74) is 0. The Morgan fingerprint density at radius 3 is 1.93 bits per heavy atom. The lowest BCUT2D eigenvalue weighted by atomic mass is 11.5. The van der Waals surface area contributed by atoms with Gasteiger partial charge in [0.05, 0.1) is 0 Å². The molecule has 0 amide bonds. The van der Waals surface area contributed by atoms with Crippen LogP contribution in [0.3, 0.4) is 0 Å². The molecule has 0 aliphatic rings. The first-order valence-corrected chi connectivity index (χ1v) is 2.75. The van der Waals surface area contributed by atoms with Crippen molar-refractivity contribution in [1.29, 1.82) is 0 Å². The van der Waals surface area contributed by atoms with Crippen LogP contribution in [0.4, 0.5) is 0 Å². The quantitative estimate of drug-likeness (QED) is 0.177. The van der Waals surface area contributed by atoms with E-state index in [1.807, 2.05) is 0 Å². The zero-order valence-corrected chi connectivity index (χ0v) is 6.52. The van der Waals surface area contributed by atoms with Gasteiger partial charge in [-0.15, -0.1) is 4.99 Å². The van der Waals surface area contributed by atoms with Gasteiger partial charge in [0, 0.05) is 0 Å². The van der Waals surface area contributed by atoms with Crippen molar-refractivity contribution in [3.05, 3.63) is 0 Å². The van der Waals surface area contributed by atoms with Gasteiger partial charge < -0.3 is 5.11 Å². The predicted octanol–water partition coefficient (Wildman–Crippen LogP) is -1.75. The highest BCUT2D eigenvalue weighted by Gasteiger charge is 1.94. The minimum atomic E-state index is -0.750. The molecular weight excluding hydrogens is 214 g/mol. The number of hydrogen-bond acceptors (Lipinski definition) is 12. The normalized spacial score (nSPS) is 10.7. The summed E-state index contributed by atoms with van der Waals surface area (Å²) < 4.78 is 0.